The number of hydrogen-bond donors (Lipinski definition) is 2. The Labute approximate surface area is 143 Å². The maximum atomic E-state index is 12.4. The van der Waals surface area contributed by atoms with E-state index in [4.69, 9.17) is 4.74 Å². The van der Waals surface area contributed by atoms with Gasteiger partial charge in [-0.25, -0.2) is 4.79 Å². The van der Waals surface area contributed by atoms with Crippen LogP contribution in [0.25, 0.3) is 0 Å². The van der Waals surface area contributed by atoms with Crippen molar-refractivity contribution in [2.24, 2.45) is 7.05 Å². The number of benzene rings is 1. The normalized spacial score (nSPS) is 12.1. The summed E-state index contributed by atoms with van der Waals surface area (Å²) in [4.78, 5) is 12.4. The smallest absolute Gasteiger partial charge is 0.319 e. The lowest BCUT2D eigenvalue weighted by Gasteiger charge is -2.18. The van der Waals surface area contributed by atoms with Crippen molar-refractivity contribution in [3.8, 4) is 5.75 Å². The minimum absolute atomic E-state index is 0.0376. The van der Waals surface area contributed by atoms with Crippen molar-refractivity contribution >= 4 is 11.7 Å². The van der Waals surface area contributed by atoms with Gasteiger partial charge in [-0.05, 0) is 46.8 Å². The number of nitrogens with one attached hydrogen (secondary N) is 2. The van der Waals surface area contributed by atoms with Crippen LogP contribution in [0.15, 0.2) is 24.3 Å². The highest BCUT2D eigenvalue weighted by Crippen LogP contribution is 2.25. The first-order valence-corrected chi connectivity index (χ1v) is 8.13. The molecular formula is C18H26N4O2. The average Bonchev–Trinajstić information content (AvgIpc) is 2.73. The third-order valence-electron chi connectivity index (χ3n) is 3.84. The minimum Gasteiger partial charge on any atom is -0.489 e. The van der Waals surface area contributed by atoms with E-state index in [0.29, 0.717) is 11.4 Å². The number of aromatic nitrogens is 2. The van der Waals surface area contributed by atoms with Gasteiger partial charge in [0.2, 0.25) is 0 Å². The van der Waals surface area contributed by atoms with Crippen molar-refractivity contribution < 1.29 is 9.53 Å². The van der Waals surface area contributed by atoms with Gasteiger partial charge < -0.3 is 15.4 Å². The molecule has 130 valence electrons. The molecule has 0 unspecified atom stereocenters. The molecule has 24 heavy (non-hydrogen) atoms. The van der Waals surface area contributed by atoms with E-state index >= 15 is 0 Å². The molecule has 2 N–H and O–H groups in total. The van der Waals surface area contributed by atoms with Gasteiger partial charge in [-0.3, -0.25) is 4.68 Å². The Morgan fingerprint density at radius 2 is 1.88 bits per heavy atom. The fourth-order valence-corrected chi connectivity index (χ4v) is 2.77. The maximum absolute atomic E-state index is 12.4. The molecule has 0 aliphatic carbocycles. The lowest BCUT2D eigenvalue weighted by molar-refractivity contribution is 0.241. The number of nitrogens with zero attached hydrogens (tertiary/aromatic N) is 2. The van der Waals surface area contributed by atoms with Crippen LogP contribution < -0.4 is 15.4 Å². The summed E-state index contributed by atoms with van der Waals surface area (Å²) in [7, 11) is 1.90. The first kappa shape index (κ1) is 17.8. The lowest BCUT2D eigenvalue weighted by Crippen LogP contribution is -2.31. The van der Waals surface area contributed by atoms with E-state index in [1.165, 1.54) is 0 Å². The van der Waals surface area contributed by atoms with E-state index in [1.54, 1.807) is 0 Å². The van der Waals surface area contributed by atoms with Crippen LogP contribution in [0.2, 0.25) is 0 Å². The van der Waals surface area contributed by atoms with Crippen LogP contribution in [0.4, 0.5) is 10.5 Å². The average molecular weight is 330 g/mol. The number of ether oxygens (including phenoxy) is 1. The number of urea groups is 1. The molecule has 1 atom stereocenters. The Morgan fingerprint density at radius 1 is 1.21 bits per heavy atom. The zero-order valence-corrected chi connectivity index (χ0v) is 15.2. The number of aryl methyl sites for hydroxylation is 2. The van der Waals surface area contributed by atoms with Crippen LogP contribution in [0.3, 0.4) is 0 Å². The van der Waals surface area contributed by atoms with Gasteiger partial charge in [0.05, 0.1) is 23.5 Å². The number of carbonyl (C=O) groups is 1. The second kappa shape index (κ2) is 7.38. The SMILES string of the molecule is Cc1nn(C)c(C)c1[C@H](C)NC(=O)Nc1ccccc1OC(C)C. The molecule has 1 aromatic heterocycles. The van der Waals surface area contributed by atoms with Crippen molar-refractivity contribution in [3.05, 3.63) is 41.2 Å². The number of para-hydroxylation sites is 2. The quantitative estimate of drug-likeness (QED) is 0.878. The number of carbonyl (C=O) groups excluding carboxylic acids is 1. The van der Waals surface area contributed by atoms with Gasteiger partial charge in [0.25, 0.3) is 0 Å². The number of amides is 2. The fourth-order valence-electron chi connectivity index (χ4n) is 2.77. The van der Waals surface area contributed by atoms with Gasteiger partial charge in [0.1, 0.15) is 5.75 Å². The van der Waals surface area contributed by atoms with Gasteiger partial charge in [-0.2, -0.15) is 5.10 Å². The molecule has 2 amide bonds. The first-order chi connectivity index (χ1) is 11.3. The standard InChI is InChI=1S/C18H26N4O2/c1-11(2)24-16-10-8-7-9-15(16)20-18(23)19-12(3)17-13(4)21-22(6)14(17)5/h7-12H,1-6H3,(H2,19,20,23)/t12-/m0/s1. The van der Waals surface area contributed by atoms with Crippen LogP contribution in [0.1, 0.15) is 43.8 Å². The third-order valence-corrected chi connectivity index (χ3v) is 3.84. The third kappa shape index (κ3) is 4.07. The Kier molecular flexibility index (Phi) is 5.49. The molecule has 1 aromatic carbocycles. The van der Waals surface area contributed by atoms with Crippen molar-refractivity contribution in [1.29, 1.82) is 0 Å². The molecular weight excluding hydrogens is 304 g/mol. The zero-order chi connectivity index (χ0) is 17.9. The molecule has 0 fully saturated rings. The molecule has 0 radical (unpaired) electrons. The first-order valence-electron chi connectivity index (χ1n) is 8.13. The van der Waals surface area contributed by atoms with Crippen molar-refractivity contribution in [3.63, 3.8) is 0 Å². The molecule has 0 saturated carbocycles. The van der Waals surface area contributed by atoms with Gasteiger partial charge in [0, 0.05) is 18.3 Å². The largest absolute Gasteiger partial charge is 0.489 e. The molecule has 0 bridgehead atoms. The number of hydrogen-bond acceptors (Lipinski definition) is 3. The summed E-state index contributed by atoms with van der Waals surface area (Å²) in [6, 6.07) is 6.99. The Balaban J connectivity index is 2.08. The van der Waals surface area contributed by atoms with E-state index in [1.807, 2.05) is 70.6 Å². The molecule has 6 nitrogen and oxygen atoms in total. The van der Waals surface area contributed by atoms with Crippen LogP contribution in [-0.4, -0.2) is 21.9 Å². The summed E-state index contributed by atoms with van der Waals surface area (Å²) < 4.78 is 7.55. The van der Waals surface area contributed by atoms with Crippen molar-refractivity contribution in [2.45, 2.75) is 46.8 Å². The summed E-state index contributed by atoms with van der Waals surface area (Å²) in [5.41, 5.74) is 3.66. The Morgan fingerprint density at radius 3 is 2.46 bits per heavy atom. The maximum Gasteiger partial charge on any atom is 0.319 e. The predicted octanol–water partition coefficient (Wildman–Crippen LogP) is 3.71. The summed E-state index contributed by atoms with van der Waals surface area (Å²) in [5.74, 6) is 0.657. The van der Waals surface area contributed by atoms with Crippen LogP contribution in [0.5, 0.6) is 5.75 Å². The van der Waals surface area contributed by atoms with Crippen LogP contribution >= 0.6 is 0 Å². The molecule has 2 rings (SSSR count). The highest BCUT2D eigenvalue weighted by Gasteiger charge is 2.18. The highest BCUT2D eigenvalue weighted by molar-refractivity contribution is 5.91. The molecule has 2 aromatic rings. The summed E-state index contributed by atoms with van der Waals surface area (Å²) in [5, 5.41) is 10.2. The van der Waals surface area contributed by atoms with E-state index in [0.717, 1.165) is 17.0 Å². The minimum atomic E-state index is -0.273. The predicted molar refractivity (Wildman–Crippen MR) is 95.5 cm³/mol. The van der Waals surface area contributed by atoms with Crippen LogP contribution in [0, 0.1) is 13.8 Å². The van der Waals surface area contributed by atoms with E-state index in [2.05, 4.69) is 15.7 Å². The monoisotopic (exact) mass is 330 g/mol. The second-order valence-electron chi connectivity index (χ2n) is 6.19. The van der Waals surface area contributed by atoms with Crippen molar-refractivity contribution in [1.82, 2.24) is 15.1 Å². The molecule has 0 aliphatic heterocycles. The van der Waals surface area contributed by atoms with Gasteiger partial charge >= 0.3 is 6.03 Å². The lowest BCUT2D eigenvalue weighted by atomic mass is 10.1. The van der Waals surface area contributed by atoms with E-state index in [-0.39, 0.29) is 18.2 Å². The molecule has 0 spiro atoms. The Bertz CT molecular complexity index is 722. The van der Waals surface area contributed by atoms with Gasteiger partial charge in [0.15, 0.2) is 0 Å². The van der Waals surface area contributed by atoms with E-state index in [9.17, 15) is 4.79 Å². The highest BCUT2D eigenvalue weighted by atomic mass is 16.5. The summed E-state index contributed by atoms with van der Waals surface area (Å²) in [6.07, 6.45) is 0.0376. The van der Waals surface area contributed by atoms with Gasteiger partial charge in [-0.15, -0.1) is 0 Å². The zero-order valence-electron chi connectivity index (χ0n) is 15.2. The second-order valence-corrected chi connectivity index (χ2v) is 6.19. The summed E-state index contributed by atoms with van der Waals surface area (Å²) in [6.45, 7) is 9.80. The van der Waals surface area contributed by atoms with Gasteiger partial charge in [-0.1, -0.05) is 12.1 Å². The van der Waals surface area contributed by atoms with Crippen molar-refractivity contribution in [2.75, 3.05) is 5.32 Å². The molecule has 0 saturated heterocycles. The summed E-state index contributed by atoms with van der Waals surface area (Å²) >= 11 is 0. The van der Waals surface area contributed by atoms with Crippen LogP contribution in [-0.2, 0) is 7.05 Å². The topological polar surface area (TPSA) is 68.2 Å². The fraction of sp³-hybridized carbons (Fsp3) is 0.444. The molecule has 0 aliphatic rings. The molecule has 1 heterocycles. The van der Waals surface area contributed by atoms with E-state index < -0.39 is 0 Å². The Hall–Kier alpha value is -2.50. The number of rotatable bonds is 5. The number of anilines is 1. The molecule has 6 heteroatoms.